The molecular formula is C26H30N5O5PS2. The molecule has 5 rings (SSSR count). The van der Waals surface area contributed by atoms with Gasteiger partial charge in [-0.1, -0.05) is 70.1 Å². The summed E-state index contributed by atoms with van der Waals surface area (Å²) in [6.45, 7) is 2.74. The lowest BCUT2D eigenvalue weighted by atomic mass is 10.2. The first-order chi connectivity index (χ1) is 19.0. The van der Waals surface area contributed by atoms with Crippen molar-refractivity contribution in [2.24, 2.45) is 0 Å². The lowest BCUT2D eigenvalue weighted by molar-refractivity contribution is -0.0192. The van der Waals surface area contributed by atoms with Gasteiger partial charge in [-0.05, 0) is 24.6 Å². The molecule has 2 aromatic carbocycles. The van der Waals surface area contributed by atoms with Gasteiger partial charge >= 0.3 is 7.60 Å². The van der Waals surface area contributed by atoms with Crippen LogP contribution in [0.2, 0.25) is 0 Å². The fraction of sp³-hybridized carbons (Fsp3) is 0.346. The number of nitrogens with two attached hydrogens (primary N) is 1. The zero-order valence-corrected chi connectivity index (χ0v) is 23.9. The van der Waals surface area contributed by atoms with E-state index in [1.807, 2.05) is 60.0 Å². The average Bonchev–Trinajstić information content (AvgIpc) is 3.36. The van der Waals surface area contributed by atoms with Crippen LogP contribution in [-0.4, -0.2) is 55.7 Å². The van der Waals surface area contributed by atoms with E-state index in [-0.39, 0.29) is 18.6 Å². The van der Waals surface area contributed by atoms with Crippen LogP contribution in [0.25, 0.3) is 11.2 Å². The van der Waals surface area contributed by atoms with E-state index in [1.165, 1.54) is 6.33 Å². The van der Waals surface area contributed by atoms with Crippen molar-refractivity contribution in [2.45, 2.75) is 38.4 Å². The summed E-state index contributed by atoms with van der Waals surface area (Å²) in [5, 5.41) is 0. The molecule has 1 aliphatic heterocycles. The highest BCUT2D eigenvalue weighted by atomic mass is 33.1. The fourth-order valence-electron chi connectivity index (χ4n) is 3.98. The van der Waals surface area contributed by atoms with Gasteiger partial charge in [0.25, 0.3) is 0 Å². The molecule has 2 N–H and O–H groups in total. The third kappa shape index (κ3) is 7.53. The van der Waals surface area contributed by atoms with Crippen LogP contribution >= 0.6 is 29.2 Å². The quantitative estimate of drug-likeness (QED) is 0.169. The van der Waals surface area contributed by atoms with Gasteiger partial charge in [0.2, 0.25) is 0 Å². The molecule has 0 spiro atoms. The summed E-state index contributed by atoms with van der Waals surface area (Å²) in [7, 11) is -0.355. The Balaban J connectivity index is 1.27. The van der Waals surface area contributed by atoms with Crippen molar-refractivity contribution in [1.29, 1.82) is 0 Å². The maximum absolute atomic E-state index is 14.1. The first-order valence-electron chi connectivity index (χ1n) is 12.4. The number of anilines is 1. The van der Waals surface area contributed by atoms with Crippen LogP contribution in [0.1, 0.15) is 12.5 Å². The van der Waals surface area contributed by atoms with Gasteiger partial charge in [0.15, 0.2) is 17.8 Å². The highest BCUT2D eigenvalue weighted by Gasteiger charge is 2.38. The monoisotopic (exact) mass is 587 g/mol. The molecule has 1 unspecified atom stereocenters. The van der Waals surface area contributed by atoms with Crippen LogP contribution in [0.5, 0.6) is 5.75 Å². The van der Waals surface area contributed by atoms with E-state index >= 15 is 0 Å². The summed E-state index contributed by atoms with van der Waals surface area (Å²) < 4.78 is 40.4. The second-order valence-corrected chi connectivity index (χ2v) is 13.4. The fourth-order valence-corrected chi connectivity index (χ4v) is 8.18. The molecule has 10 nitrogen and oxygen atoms in total. The van der Waals surface area contributed by atoms with Crippen LogP contribution in [0.4, 0.5) is 5.82 Å². The van der Waals surface area contributed by atoms with E-state index in [0.717, 1.165) is 5.56 Å². The Bertz CT molecular complexity index is 1400. The number of aromatic nitrogens is 4. The van der Waals surface area contributed by atoms with Gasteiger partial charge in [-0.15, -0.1) is 0 Å². The highest BCUT2D eigenvalue weighted by molar-refractivity contribution is 8.76. The predicted octanol–water partition coefficient (Wildman–Crippen LogP) is 5.41. The molecule has 1 aliphatic rings. The molecule has 1 fully saturated rings. The van der Waals surface area contributed by atoms with Crippen molar-refractivity contribution in [2.75, 3.05) is 23.6 Å². The number of benzene rings is 2. The maximum atomic E-state index is 14.1. The first kappa shape index (κ1) is 27.9. The van der Waals surface area contributed by atoms with Crippen molar-refractivity contribution in [1.82, 2.24) is 19.5 Å². The molecule has 0 aliphatic carbocycles. The van der Waals surface area contributed by atoms with Crippen LogP contribution in [0.15, 0.2) is 73.3 Å². The molecule has 0 radical (unpaired) electrons. The molecule has 4 atom stereocenters. The second-order valence-electron chi connectivity index (χ2n) is 9.00. The number of nitrogen functional groups attached to an aromatic ring is 1. The number of para-hydroxylation sites is 1. The van der Waals surface area contributed by atoms with Crippen LogP contribution < -0.4 is 10.3 Å². The molecule has 0 saturated carbocycles. The first-order valence-corrected chi connectivity index (χ1v) is 16.7. The molecule has 0 bridgehead atoms. The highest BCUT2D eigenvalue weighted by Crippen LogP contribution is 2.52. The van der Waals surface area contributed by atoms with E-state index in [0.29, 0.717) is 47.4 Å². The number of hydrogen-bond donors (Lipinski definition) is 1. The minimum atomic E-state index is -3.74. The maximum Gasteiger partial charge on any atom is 0.405 e. The molecular weight excluding hydrogens is 557 g/mol. The van der Waals surface area contributed by atoms with Crippen LogP contribution in [-0.2, 0) is 31.7 Å². The molecule has 39 heavy (non-hydrogen) atoms. The number of fused-ring (bicyclic) bond motifs is 1. The van der Waals surface area contributed by atoms with Crippen molar-refractivity contribution in [3.05, 3.63) is 78.9 Å². The predicted molar refractivity (Wildman–Crippen MR) is 155 cm³/mol. The molecule has 4 aromatic rings. The number of rotatable bonds is 12. The lowest BCUT2D eigenvalue weighted by Gasteiger charge is -2.33. The van der Waals surface area contributed by atoms with Crippen molar-refractivity contribution >= 4 is 46.2 Å². The van der Waals surface area contributed by atoms with Crippen LogP contribution in [0, 0.1) is 0 Å². The number of hydrogen-bond acceptors (Lipinski definition) is 11. The molecule has 13 heteroatoms. The normalized spacial score (nSPS) is 19.9. The Kier molecular flexibility index (Phi) is 9.44. The van der Waals surface area contributed by atoms with Gasteiger partial charge < -0.3 is 24.3 Å². The van der Waals surface area contributed by atoms with Crippen molar-refractivity contribution in [3.8, 4) is 5.75 Å². The van der Waals surface area contributed by atoms with Gasteiger partial charge in [0, 0.05) is 11.5 Å². The molecule has 3 heterocycles. The largest absolute Gasteiger partial charge is 0.423 e. The Labute approximate surface area is 234 Å². The summed E-state index contributed by atoms with van der Waals surface area (Å²) in [6, 6.07) is 19.0. The third-order valence-corrected chi connectivity index (χ3v) is 9.91. The van der Waals surface area contributed by atoms with Crippen molar-refractivity contribution < 1.29 is 23.1 Å². The minimum Gasteiger partial charge on any atom is -0.423 e. The zero-order chi connectivity index (χ0) is 27.1. The number of ether oxygens (including phenoxy) is 2. The number of nitrogens with zero attached hydrogens (tertiary/aromatic N) is 4. The zero-order valence-electron chi connectivity index (χ0n) is 21.4. The van der Waals surface area contributed by atoms with E-state index in [2.05, 4.69) is 15.0 Å². The summed E-state index contributed by atoms with van der Waals surface area (Å²) in [5.74, 6) is 2.09. The second kappa shape index (κ2) is 13.2. The van der Waals surface area contributed by atoms with Gasteiger partial charge in [-0.25, -0.2) is 19.5 Å². The summed E-state index contributed by atoms with van der Waals surface area (Å²) >= 11 is 0. The van der Waals surface area contributed by atoms with E-state index in [4.69, 9.17) is 24.3 Å². The summed E-state index contributed by atoms with van der Waals surface area (Å²) in [5.41, 5.74) is 8.10. The van der Waals surface area contributed by atoms with Gasteiger partial charge in [0.05, 0.1) is 31.7 Å². The van der Waals surface area contributed by atoms with E-state index < -0.39 is 13.7 Å². The number of imidazole rings is 1. The van der Waals surface area contributed by atoms with Crippen LogP contribution in [0.3, 0.4) is 0 Å². The standard InChI is InChI=1S/C26H30N5O5PS2/c1-19(12-31-17-30-24-25(27)28-16-29-26(24)31)34-18-37(32,35-21-10-6-3-7-11-21)36-23-15-39-38-14-22(23)33-13-20-8-4-2-5-9-20/h2-11,16-17,19,22-23H,12-15,18H2,1H3,(H2,27,28,29)/t19-,22-,23-,37?/m1/s1. The van der Waals surface area contributed by atoms with Gasteiger partial charge in [-0.2, -0.15) is 0 Å². The van der Waals surface area contributed by atoms with Crippen molar-refractivity contribution in [3.63, 3.8) is 0 Å². The smallest absolute Gasteiger partial charge is 0.405 e. The van der Waals surface area contributed by atoms with E-state index in [9.17, 15) is 4.57 Å². The molecule has 0 amide bonds. The molecule has 1 saturated heterocycles. The Morgan fingerprint density at radius 1 is 1.03 bits per heavy atom. The SMILES string of the molecule is C[C@H](Cn1cnc2c(N)ncnc21)OCP(=O)(Oc1ccccc1)O[C@@H]1CSSC[C@H]1OCc1ccccc1. The van der Waals surface area contributed by atoms with Gasteiger partial charge in [0.1, 0.15) is 23.7 Å². The lowest BCUT2D eigenvalue weighted by Crippen LogP contribution is -2.38. The topological polar surface area (TPSA) is 124 Å². The van der Waals surface area contributed by atoms with E-state index in [1.54, 1.807) is 40.0 Å². The Hall–Kier alpha value is -2.60. The summed E-state index contributed by atoms with van der Waals surface area (Å²) in [6.07, 6.45) is 1.78. The molecule has 2 aromatic heterocycles. The Morgan fingerprint density at radius 2 is 1.74 bits per heavy atom. The Morgan fingerprint density at radius 3 is 2.51 bits per heavy atom. The summed E-state index contributed by atoms with van der Waals surface area (Å²) in [4.78, 5) is 12.5. The average molecular weight is 588 g/mol. The molecule has 206 valence electrons. The third-order valence-electron chi connectivity index (χ3n) is 5.95. The minimum absolute atomic E-state index is 0.230. The van der Waals surface area contributed by atoms with Gasteiger partial charge in [-0.3, -0.25) is 4.52 Å².